The summed E-state index contributed by atoms with van der Waals surface area (Å²) >= 11 is 0. The molecule has 1 saturated heterocycles. The summed E-state index contributed by atoms with van der Waals surface area (Å²) in [6, 6.07) is 14.6. The van der Waals surface area contributed by atoms with Crippen LogP contribution >= 0.6 is 0 Å². The minimum atomic E-state index is -3.76. The Kier molecular flexibility index (Phi) is 10.7. The lowest BCUT2D eigenvalue weighted by molar-refractivity contribution is -0.130. The van der Waals surface area contributed by atoms with Crippen molar-refractivity contribution < 1.29 is 41.7 Å². The first-order valence-electron chi connectivity index (χ1n) is 16.5. The number of sulfonamides is 1. The van der Waals surface area contributed by atoms with Crippen LogP contribution in [0.25, 0.3) is 10.8 Å². The molecule has 5 rings (SSSR count). The van der Waals surface area contributed by atoms with Crippen LogP contribution in [0.1, 0.15) is 56.5 Å². The number of anilines is 1. The number of benzene rings is 3. The molecule has 3 amide bonds. The SMILES string of the molecule is COc1ccc2cc(C(=O)NS(C)(=O)=O)ccc2c1CN1C(=O)[C@@H](NC[C@H](C)N(C)C(=O)OC(C)(C)C)C2(CCOCC2)Oc2ccccc21. The minimum Gasteiger partial charge on any atom is -0.496 e. The maximum absolute atomic E-state index is 15.0. The summed E-state index contributed by atoms with van der Waals surface area (Å²) in [7, 11) is -0.546. The zero-order valence-electron chi connectivity index (χ0n) is 29.6. The average Bonchev–Trinajstić information content (AvgIpc) is 3.13. The highest BCUT2D eigenvalue weighted by molar-refractivity contribution is 7.89. The molecule has 14 heteroatoms. The Balaban J connectivity index is 1.53. The lowest BCUT2D eigenvalue weighted by Crippen LogP contribution is -2.64. The van der Waals surface area contributed by atoms with Gasteiger partial charge in [-0.25, -0.2) is 17.9 Å². The Hall–Kier alpha value is -4.40. The molecule has 13 nitrogen and oxygen atoms in total. The molecule has 1 fully saturated rings. The van der Waals surface area contributed by atoms with Crippen molar-refractivity contribution in [1.29, 1.82) is 0 Å². The summed E-state index contributed by atoms with van der Waals surface area (Å²) in [5.74, 6) is 0.0963. The van der Waals surface area contributed by atoms with Gasteiger partial charge in [-0.1, -0.05) is 24.3 Å². The summed E-state index contributed by atoms with van der Waals surface area (Å²) in [5.41, 5.74) is -0.165. The number of fused-ring (bicyclic) bond motifs is 2. The van der Waals surface area contributed by atoms with Crippen molar-refractivity contribution in [1.82, 2.24) is 14.9 Å². The number of rotatable bonds is 9. The Morgan fingerprint density at radius 3 is 2.46 bits per heavy atom. The smallest absolute Gasteiger partial charge is 0.410 e. The van der Waals surface area contributed by atoms with E-state index in [-0.39, 0.29) is 30.6 Å². The van der Waals surface area contributed by atoms with Crippen molar-refractivity contribution in [3.8, 4) is 11.5 Å². The number of nitrogens with one attached hydrogen (secondary N) is 2. The van der Waals surface area contributed by atoms with E-state index in [4.69, 9.17) is 18.9 Å². The van der Waals surface area contributed by atoms with E-state index in [0.29, 0.717) is 59.6 Å². The molecular weight excluding hydrogens is 664 g/mol. The predicted molar refractivity (Wildman–Crippen MR) is 189 cm³/mol. The number of likely N-dealkylation sites (N-methyl/N-ethyl adjacent to an activating group) is 1. The number of methoxy groups -OCH3 is 1. The fraction of sp³-hybridized carbons (Fsp3) is 0.472. The van der Waals surface area contributed by atoms with Gasteiger partial charge in [0.1, 0.15) is 28.7 Å². The molecule has 1 spiro atoms. The number of hydrogen-bond donors (Lipinski definition) is 2. The van der Waals surface area contributed by atoms with E-state index in [1.165, 1.54) is 11.0 Å². The van der Waals surface area contributed by atoms with Crippen LogP contribution in [0.3, 0.4) is 0 Å². The van der Waals surface area contributed by atoms with Gasteiger partial charge in [-0.3, -0.25) is 9.59 Å². The van der Waals surface area contributed by atoms with E-state index >= 15 is 0 Å². The average molecular weight is 711 g/mol. The fourth-order valence-corrected chi connectivity index (χ4v) is 6.74. The Bertz CT molecular complexity index is 1870. The van der Waals surface area contributed by atoms with E-state index in [9.17, 15) is 22.8 Å². The first kappa shape index (κ1) is 36.9. The highest BCUT2D eigenvalue weighted by atomic mass is 32.2. The van der Waals surface area contributed by atoms with Gasteiger partial charge >= 0.3 is 6.09 Å². The third-order valence-corrected chi connectivity index (χ3v) is 9.53. The standard InChI is InChI=1S/C36H46N4O9S/c1-23(39(5)34(43)49-35(2,3)4)21-37-31-33(42)40(28-10-8-9-11-30(28)48-36(31)16-18-47-19-17-36)22-27-26-14-12-25(32(41)38-50(7,44)45)20-24(26)13-15-29(27)46-6/h8-15,20,23,31,37H,16-19,21-22H2,1-7H3,(H,38,41)/t23-,31+/m0/s1. The summed E-state index contributed by atoms with van der Waals surface area (Å²) < 4.78 is 49.3. The maximum atomic E-state index is 15.0. The van der Waals surface area contributed by atoms with Gasteiger partial charge in [0.15, 0.2) is 0 Å². The molecule has 270 valence electrons. The van der Waals surface area contributed by atoms with Gasteiger partial charge in [0.2, 0.25) is 15.9 Å². The van der Waals surface area contributed by atoms with Gasteiger partial charge in [0.25, 0.3) is 5.91 Å². The molecule has 3 aromatic carbocycles. The van der Waals surface area contributed by atoms with Crippen molar-refractivity contribution in [2.75, 3.05) is 45.1 Å². The van der Waals surface area contributed by atoms with Crippen molar-refractivity contribution in [3.63, 3.8) is 0 Å². The van der Waals surface area contributed by atoms with E-state index in [1.807, 2.05) is 56.7 Å². The summed E-state index contributed by atoms with van der Waals surface area (Å²) in [4.78, 5) is 43.7. The molecule has 2 heterocycles. The van der Waals surface area contributed by atoms with Gasteiger partial charge in [-0.2, -0.15) is 0 Å². The van der Waals surface area contributed by atoms with Crippen molar-refractivity contribution in [3.05, 3.63) is 65.7 Å². The van der Waals surface area contributed by atoms with Crippen LogP contribution in [0.2, 0.25) is 0 Å². The Morgan fingerprint density at radius 1 is 1.10 bits per heavy atom. The zero-order chi connectivity index (χ0) is 36.4. The monoisotopic (exact) mass is 710 g/mol. The normalized spacial score (nSPS) is 18.1. The van der Waals surface area contributed by atoms with Crippen LogP contribution in [-0.4, -0.2) is 94.7 Å². The molecule has 0 bridgehead atoms. The molecule has 2 aliphatic heterocycles. The largest absolute Gasteiger partial charge is 0.496 e. The van der Waals surface area contributed by atoms with E-state index in [0.717, 1.165) is 6.26 Å². The van der Waals surface area contributed by atoms with Gasteiger partial charge < -0.3 is 34.1 Å². The minimum absolute atomic E-state index is 0.0900. The third kappa shape index (κ3) is 8.14. The van der Waals surface area contributed by atoms with Crippen molar-refractivity contribution in [2.45, 2.75) is 70.4 Å². The van der Waals surface area contributed by atoms with Crippen molar-refractivity contribution in [2.24, 2.45) is 0 Å². The molecule has 0 aliphatic carbocycles. The molecular formula is C36H46N4O9S. The first-order valence-corrected chi connectivity index (χ1v) is 18.4. The van der Waals surface area contributed by atoms with Crippen LogP contribution < -0.4 is 24.4 Å². The molecule has 2 aliphatic rings. The number of nitrogens with zero attached hydrogens (tertiary/aromatic N) is 2. The number of ether oxygens (including phenoxy) is 4. The molecule has 0 unspecified atom stereocenters. The van der Waals surface area contributed by atoms with Crippen LogP contribution in [0, 0.1) is 0 Å². The summed E-state index contributed by atoms with van der Waals surface area (Å²) in [6.45, 7) is 8.50. The second-order valence-electron chi connectivity index (χ2n) is 13.8. The van der Waals surface area contributed by atoms with E-state index < -0.39 is 39.3 Å². The predicted octanol–water partition coefficient (Wildman–Crippen LogP) is 4.23. The van der Waals surface area contributed by atoms with Crippen LogP contribution in [0.5, 0.6) is 11.5 Å². The van der Waals surface area contributed by atoms with Gasteiger partial charge in [0, 0.05) is 43.6 Å². The lowest BCUT2D eigenvalue weighted by atomic mass is 9.84. The molecule has 50 heavy (non-hydrogen) atoms. The highest BCUT2D eigenvalue weighted by Crippen LogP contribution is 2.42. The second-order valence-corrected chi connectivity index (χ2v) is 15.6. The molecule has 0 radical (unpaired) electrons. The quantitative estimate of drug-likeness (QED) is 0.330. The lowest BCUT2D eigenvalue weighted by Gasteiger charge is -2.42. The molecule has 0 saturated carbocycles. The summed E-state index contributed by atoms with van der Waals surface area (Å²) in [5, 5.41) is 4.85. The molecule has 2 atom stereocenters. The number of carbonyl (C=O) groups excluding carboxylic acids is 3. The second kappa shape index (κ2) is 14.4. The number of hydrogen-bond acceptors (Lipinski definition) is 10. The van der Waals surface area contributed by atoms with Crippen LogP contribution in [0.15, 0.2) is 54.6 Å². The van der Waals surface area contributed by atoms with Gasteiger partial charge in [0.05, 0.1) is 38.8 Å². The molecule has 0 aromatic heterocycles. The summed E-state index contributed by atoms with van der Waals surface area (Å²) in [6.07, 6.45) is 1.38. The number of amides is 3. The fourth-order valence-electron chi connectivity index (χ4n) is 6.28. The van der Waals surface area contributed by atoms with E-state index in [2.05, 4.69) is 5.32 Å². The number of para-hydroxylation sites is 2. The van der Waals surface area contributed by atoms with Gasteiger partial charge in [-0.05, 0) is 68.8 Å². The first-order chi connectivity index (χ1) is 23.5. The topological polar surface area (TPSA) is 153 Å². The third-order valence-electron chi connectivity index (χ3n) is 8.97. The zero-order valence-corrected chi connectivity index (χ0v) is 30.4. The number of carbonyl (C=O) groups is 3. The van der Waals surface area contributed by atoms with Crippen LogP contribution in [0.4, 0.5) is 10.5 Å². The highest BCUT2D eigenvalue weighted by Gasteiger charge is 2.51. The van der Waals surface area contributed by atoms with Crippen molar-refractivity contribution >= 4 is 44.4 Å². The van der Waals surface area contributed by atoms with Gasteiger partial charge in [-0.15, -0.1) is 0 Å². The molecule has 2 N–H and O–H groups in total. The molecule has 3 aromatic rings. The van der Waals surface area contributed by atoms with E-state index in [1.54, 1.807) is 43.3 Å². The Labute approximate surface area is 293 Å². The Morgan fingerprint density at radius 2 is 1.80 bits per heavy atom. The van der Waals surface area contributed by atoms with Crippen LogP contribution in [-0.2, 0) is 30.8 Å². The maximum Gasteiger partial charge on any atom is 0.410 e.